The van der Waals surface area contributed by atoms with E-state index in [0.717, 1.165) is 11.1 Å². The number of ether oxygens (including phenoxy) is 1. The number of methoxy groups -OCH3 is 1. The summed E-state index contributed by atoms with van der Waals surface area (Å²) in [5, 5.41) is 2.42. The van der Waals surface area contributed by atoms with Gasteiger partial charge in [0.05, 0.1) is 18.1 Å². The molecule has 1 aliphatic rings. The number of hydrogen-bond acceptors (Lipinski definition) is 5. The summed E-state index contributed by atoms with van der Waals surface area (Å²) >= 11 is 6.06. The molecule has 0 aromatic heterocycles. The SMILES string of the molecule is COc1cccc2c1CCC2C(=O)NS(=O)(=O)c1ccc(NC(C)=O)cc1Cl. The zero-order valence-corrected chi connectivity index (χ0v) is 16.9. The maximum atomic E-state index is 12.7. The summed E-state index contributed by atoms with van der Waals surface area (Å²) < 4.78 is 32.7. The highest BCUT2D eigenvalue weighted by Crippen LogP contribution is 2.38. The highest BCUT2D eigenvalue weighted by atomic mass is 35.5. The Bertz CT molecular complexity index is 1050. The molecule has 0 radical (unpaired) electrons. The van der Waals surface area contributed by atoms with E-state index in [0.29, 0.717) is 24.3 Å². The summed E-state index contributed by atoms with van der Waals surface area (Å²) in [6.07, 6.45) is 1.12. The van der Waals surface area contributed by atoms with Gasteiger partial charge in [-0.2, -0.15) is 0 Å². The summed E-state index contributed by atoms with van der Waals surface area (Å²) in [7, 11) is -2.61. The second kappa shape index (κ2) is 7.81. The largest absolute Gasteiger partial charge is 0.496 e. The van der Waals surface area contributed by atoms with Crippen molar-refractivity contribution in [3.63, 3.8) is 0 Å². The minimum atomic E-state index is -4.17. The summed E-state index contributed by atoms with van der Waals surface area (Å²) in [6.45, 7) is 1.33. The Morgan fingerprint density at radius 3 is 2.61 bits per heavy atom. The molecule has 0 heterocycles. The van der Waals surface area contributed by atoms with E-state index < -0.39 is 21.8 Å². The first-order valence-corrected chi connectivity index (χ1v) is 10.4. The van der Waals surface area contributed by atoms with Crippen LogP contribution in [0.3, 0.4) is 0 Å². The number of halogens is 1. The summed E-state index contributed by atoms with van der Waals surface area (Å²) in [4.78, 5) is 23.6. The van der Waals surface area contributed by atoms with Crippen molar-refractivity contribution in [2.75, 3.05) is 12.4 Å². The molecule has 3 rings (SSSR count). The molecular weight excluding hydrogens is 404 g/mol. The van der Waals surface area contributed by atoms with Crippen molar-refractivity contribution in [1.29, 1.82) is 0 Å². The van der Waals surface area contributed by atoms with E-state index in [4.69, 9.17) is 16.3 Å². The number of hydrogen-bond donors (Lipinski definition) is 2. The third-order valence-corrected chi connectivity index (χ3v) is 6.37. The van der Waals surface area contributed by atoms with Gasteiger partial charge in [-0.25, -0.2) is 13.1 Å². The Morgan fingerprint density at radius 2 is 1.96 bits per heavy atom. The Balaban J connectivity index is 1.83. The molecule has 2 amide bonds. The average molecular weight is 423 g/mol. The number of fused-ring (bicyclic) bond motifs is 1. The Hall–Kier alpha value is -2.58. The minimum absolute atomic E-state index is 0.0972. The fraction of sp³-hybridized carbons (Fsp3) is 0.263. The molecule has 2 aromatic carbocycles. The van der Waals surface area contributed by atoms with Crippen LogP contribution in [0.1, 0.15) is 30.4 Å². The molecular formula is C19H19ClN2O5S. The molecule has 28 heavy (non-hydrogen) atoms. The van der Waals surface area contributed by atoms with Gasteiger partial charge < -0.3 is 10.1 Å². The van der Waals surface area contributed by atoms with E-state index in [1.807, 2.05) is 6.07 Å². The number of carbonyl (C=O) groups excluding carboxylic acids is 2. The minimum Gasteiger partial charge on any atom is -0.496 e. The van der Waals surface area contributed by atoms with Gasteiger partial charge in [-0.05, 0) is 48.2 Å². The predicted molar refractivity (Wildman–Crippen MR) is 105 cm³/mol. The molecule has 1 unspecified atom stereocenters. The fourth-order valence-electron chi connectivity index (χ4n) is 3.34. The van der Waals surface area contributed by atoms with Gasteiger partial charge in [-0.15, -0.1) is 0 Å². The monoisotopic (exact) mass is 422 g/mol. The maximum absolute atomic E-state index is 12.7. The Labute approximate surface area is 168 Å². The molecule has 0 fully saturated rings. The number of carbonyl (C=O) groups is 2. The number of benzene rings is 2. The van der Waals surface area contributed by atoms with Gasteiger partial charge in [0.15, 0.2) is 0 Å². The lowest BCUT2D eigenvalue weighted by molar-refractivity contribution is -0.120. The van der Waals surface area contributed by atoms with Crippen LogP contribution in [-0.4, -0.2) is 27.3 Å². The van der Waals surface area contributed by atoms with Crippen molar-refractivity contribution < 1.29 is 22.7 Å². The van der Waals surface area contributed by atoms with Crippen molar-refractivity contribution >= 4 is 39.1 Å². The van der Waals surface area contributed by atoms with Crippen LogP contribution >= 0.6 is 11.6 Å². The van der Waals surface area contributed by atoms with Gasteiger partial charge in [-0.1, -0.05) is 23.7 Å². The van der Waals surface area contributed by atoms with Crippen molar-refractivity contribution in [3.05, 3.63) is 52.5 Å². The Morgan fingerprint density at radius 1 is 1.21 bits per heavy atom. The summed E-state index contributed by atoms with van der Waals surface area (Å²) in [5.41, 5.74) is 2.04. The zero-order valence-electron chi connectivity index (χ0n) is 15.3. The maximum Gasteiger partial charge on any atom is 0.265 e. The molecule has 0 saturated heterocycles. The van der Waals surface area contributed by atoms with Crippen LogP contribution in [0.15, 0.2) is 41.3 Å². The smallest absolute Gasteiger partial charge is 0.265 e. The second-order valence-electron chi connectivity index (χ2n) is 6.42. The van der Waals surface area contributed by atoms with Crippen LogP contribution < -0.4 is 14.8 Å². The highest BCUT2D eigenvalue weighted by Gasteiger charge is 2.33. The first-order valence-electron chi connectivity index (χ1n) is 8.52. The van der Waals surface area contributed by atoms with Gasteiger partial charge in [0.2, 0.25) is 11.8 Å². The topological polar surface area (TPSA) is 102 Å². The van der Waals surface area contributed by atoms with Crippen LogP contribution in [-0.2, 0) is 26.0 Å². The first kappa shape index (κ1) is 20.2. The normalized spacial score (nSPS) is 15.6. The lowest BCUT2D eigenvalue weighted by Gasteiger charge is -2.14. The highest BCUT2D eigenvalue weighted by molar-refractivity contribution is 7.90. The molecule has 2 N–H and O–H groups in total. The molecule has 0 bridgehead atoms. The van der Waals surface area contributed by atoms with Crippen LogP contribution in [0.25, 0.3) is 0 Å². The lowest BCUT2D eigenvalue weighted by Crippen LogP contribution is -2.34. The van der Waals surface area contributed by atoms with E-state index in [2.05, 4.69) is 10.0 Å². The first-order chi connectivity index (χ1) is 13.2. The van der Waals surface area contributed by atoms with Gasteiger partial charge >= 0.3 is 0 Å². The standard InChI is InChI=1S/C19H19ClN2O5S/c1-11(23)21-12-6-9-18(16(20)10-12)28(25,26)22-19(24)15-8-7-14-13(15)4-3-5-17(14)27-2/h3-6,9-10,15H,7-8H2,1-2H3,(H,21,23)(H,22,24). The average Bonchev–Trinajstić information content (AvgIpc) is 3.04. The predicted octanol–water partition coefficient (Wildman–Crippen LogP) is 2.84. The van der Waals surface area contributed by atoms with Crippen molar-refractivity contribution in [2.45, 2.75) is 30.6 Å². The van der Waals surface area contributed by atoms with E-state index in [9.17, 15) is 18.0 Å². The molecule has 9 heteroatoms. The van der Waals surface area contributed by atoms with E-state index in [1.165, 1.54) is 25.1 Å². The Kier molecular flexibility index (Phi) is 5.62. The van der Waals surface area contributed by atoms with Gasteiger partial charge in [0.25, 0.3) is 10.0 Å². The van der Waals surface area contributed by atoms with Crippen molar-refractivity contribution in [3.8, 4) is 5.75 Å². The number of nitrogens with one attached hydrogen (secondary N) is 2. The summed E-state index contributed by atoms with van der Waals surface area (Å²) in [5.74, 6) is -0.825. The summed E-state index contributed by atoms with van der Waals surface area (Å²) in [6, 6.07) is 9.35. The van der Waals surface area contributed by atoms with E-state index >= 15 is 0 Å². The molecule has 148 valence electrons. The van der Waals surface area contributed by atoms with Gasteiger partial charge in [0, 0.05) is 12.6 Å². The molecule has 2 aromatic rings. The van der Waals surface area contributed by atoms with Crippen LogP contribution in [0, 0.1) is 0 Å². The third-order valence-electron chi connectivity index (χ3n) is 4.54. The van der Waals surface area contributed by atoms with E-state index in [-0.39, 0.29) is 15.8 Å². The van der Waals surface area contributed by atoms with Gasteiger partial charge in [0.1, 0.15) is 10.6 Å². The van der Waals surface area contributed by atoms with Crippen LogP contribution in [0.2, 0.25) is 5.02 Å². The second-order valence-corrected chi connectivity index (χ2v) is 8.47. The molecule has 1 aliphatic carbocycles. The van der Waals surface area contributed by atoms with Gasteiger partial charge in [-0.3, -0.25) is 9.59 Å². The van der Waals surface area contributed by atoms with Crippen molar-refractivity contribution in [2.24, 2.45) is 0 Å². The fourth-order valence-corrected chi connectivity index (χ4v) is 4.91. The quantitative estimate of drug-likeness (QED) is 0.771. The van der Waals surface area contributed by atoms with Crippen LogP contribution in [0.4, 0.5) is 5.69 Å². The van der Waals surface area contributed by atoms with Crippen molar-refractivity contribution in [1.82, 2.24) is 4.72 Å². The van der Waals surface area contributed by atoms with Crippen LogP contribution in [0.5, 0.6) is 5.75 Å². The molecule has 0 saturated carbocycles. The number of amides is 2. The molecule has 0 aliphatic heterocycles. The lowest BCUT2D eigenvalue weighted by atomic mass is 10.0. The molecule has 7 nitrogen and oxygen atoms in total. The number of anilines is 1. The molecule has 1 atom stereocenters. The third kappa shape index (κ3) is 3.98. The zero-order chi connectivity index (χ0) is 20.5. The molecule has 0 spiro atoms. The number of sulfonamides is 1. The van der Waals surface area contributed by atoms with E-state index in [1.54, 1.807) is 19.2 Å². The number of rotatable bonds is 5.